The van der Waals surface area contributed by atoms with Gasteiger partial charge in [-0.15, -0.1) is 10.2 Å². The van der Waals surface area contributed by atoms with Gasteiger partial charge in [0.15, 0.2) is 32.9 Å². The van der Waals surface area contributed by atoms with E-state index in [2.05, 4.69) is 36.1 Å². The summed E-state index contributed by atoms with van der Waals surface area (Å²) in [5.41, 5.74) is -2.01. The summed E-state index contributed by atoms with van der Waals surface area (Å²) in [4.78, 5) is 7.94. The van der Waals surface area contributed by atoms with E-state index in [4.69, 9.17) is 13.9 Å². The van der Waals surface area contributed by atoms with Crippen LogP contribution in [0.25, 0.3) is 17.3 Å². The van der Waals surface area contributed by atoms with Gasteiger partial charge in [0, 0.05) is 12.4 Å². The van der Waals surface area contributed by atoms with E-state index in [1.807, 2.05) is 0 Å². The molecule has 0 unspecified atom stereocenters. The lowest BCUT2D eigenvalue weighted by molar-refractivity contribution is 0.174. The average molecular weight is 594 g/mol. The number of halogens is 2. The van der Waals surface area contributed by atoms with Crippen LogP contribution in [0.2, 0.25) is 0 Å². The third kappa shape index (κ3) is 5.10. The first-order chi connectivity index (χ1) is 17.5. The molecule has 196 valence electrons. The zero-order valence-electron chi connectivity index (χ0n) is 20.8. The molecule has 3 heterocycles. The summed E-state index contributed by atoms with van der Waals surface area (Å²) in [5, 5.41) is 6.87. The predicted octanol–water partition coefficient (Wildman–Crippen LogP) is 4.59. The van der Waals surface area contributed by atoms with E-state index in [1.165, 1.54) is 38.1 Å². The van der Waals surface area contributed by atoms with E-state index in [9.17, 15) is 8.42 Å². The molecule has 0 radical (unpaired) electrons. The molecular weight excluding hydrogens is 569 g/mol. The molecule has 0 fully saturated rings. The number of hydrogen-bond acceptors (Lipinski definition) is 9. The zero-order chi connectivity index (χ0) is 27.0. The molecular formula is C24H25BrFN5O5S. The van der Waals surface area contributed by atoms with Gasteiger partial charge in [0.1, 0.15) is 33.9 Å². The molecule has 37 heavy (non-hydrogen) atoms. The number of hydrogen-bond donors (Lipinski definition) is 0. The monoisotopic (exact) mass is 593 g/mol. The van der Waals surface area contributed by atoms with Gasteiger partial charge in [-0.25, -0.2) is 22.8 Å². The molecule has 0 N–H and O–H groups in total. The van der Waals surface area contributed by atoms with E-state index >= 15 is 4.39 Å². The van der Waals surface area contributed by atoms with Gasteiger partial charge < -0.3 is 13.9 Å². The zero-order valence-corrected chi connectivity index (χ0v) is 23.2. The van der Waals surface area contributed by atoms with Crippen LogP contribution in [0.5, 0.6) is 11.5 Å². The molecule has 0 bridgehead atoms. The Hall–Kier alpha value is -3.32. The molecule has 10 nitrogen and oxygen atoms in total. The molecule has 2 atom stereocenters. The summed E-state index contributed by atoms with van der Waals surface area (Å²) in [5.74, 6) is 1.11. The lowest BCUT2D eigenvalue weighted by Crippen LogP contribution is -2.39. The van der Waals surface area contributed by atoms with Crippen molar-refractivity contribution >= 4 is 25.8 Å². The van der Waals surface area contributed by atoms with Crippen LogP contribution in [-0.2, 0) is 21.3 Å². The first-order valence-corrected chi connectivity index (χ1v) is 13.6. The van der Waals surface area contributed by atoms with Gasteiger partial charge in [0.25, 0.3) is 0 Å². The minimum Gasteiger partial charge on any atom is -0.494 e. The summed E-state index contributed by atoms with van der Waals surface area (Å²) >= 11 is 3.20. The fraction of sp³-hybridized carbons (Fsp3) is 0.333. The summed E-state index contributed by atoms with van der Waals surface area (Å²) in [6.07, 6.45) is 2.73. The van der Waals surface area contributed by atoms with Crippen LogP contribution in [0.1, 0.15) is 31.3 Å². The van der Waals surface area contributed by atoms with Crippen LogP contribution in [0.3, 0.4) is 0 Å². The number of sulfone groups is 1. The number of methoxy groups -OCH3 is 2. The second-order valence-corrected chi connectivity index (χ2v) is 11.7. The summed E-state index contributed by atoms with van der Waals surface area (Å²) in [6.45, 7) is 4.19. The highest BCUT2D eigenvalue weighted by atomic mass is 79.9. The Bertz CT molecular complexity index is 1500. The number of alkyl halides is 1. The van der Waals surface area contributed by atoms with Crippen molar-refractivity contribution in [2.45, 2.75) is 37.4 Å². The summed E-state index contributed by atoms with van der Waals surface area (Å²) in [7, 11) is -1.21. The van der Waals surface area contributed by atoms with Crippen LogP contribution >= 0.6 is 15.9 Å². The molecule has 0 amide bonds. The lowest BCUT2D eigenvalue weighted by Gasteiger charge is -2.26. The Morgan fingerprint density at radius 3 is 2.27 bits per heavy atom. The highest BCUT2D eigenvalue weighted by Gasteiger charge is 2.44. The first kappa shape index (κ1) is 26.7. The van der Waals surface area contributed by atoms with Gasteiger partial charge in [-0.05, 0) is 61.0 Å². The van der Waals surface area contributed by atoms with Gasteiger partial charge in [-0.2, -0.15) is 0 Å². The summed E-state index contributed by atoms with van der Waals surface area (Å²) in [6, 6.07) is 8.56. The second-order valence-electron chi connectivity index (χ2n) is 8.45. The van der Waals surface area contributed by atoms with Crippen molar-refractivity contribution in [3.05, 3.63) is 64.6 Å². The highest BCUT2D eigenvalue weighted by Crippen LogP contribution is 2.38. The van der Waals surface area contributed by atoms with Crippen molar-refractivity contribution < 1.29 is 26.7 Å². The third-order valence-electron chi connectivity index (χ3n) is 6.01. The lowest BCUT2D eigenvalue weighted by atomic mass is 10.0. The number of rotatable bonds is 9. The SMILES string of the molecule is COc1cccc(OC)c1-n1c(CS(=O)(=O)[C@@H](C)[C@@](C)(F)c2ncc(Br)cn2)nnc1-c1ccc(C)o1. The third-order valence-corrected chi connectivity index (χ3v) is 8.60. The van der Waals surface area contributed by atoms with Crippen molar-refractivity contribution in [3.63, 3.8) is 0 Å². The van der Waals surface area contributed by atoms with E-state index in [0.29, 0.717) is 33.2 Å². The highest BCUT2D eigenvalue weighted by molar-refractivity contribution is 9.10. The fourth-order valence-corrected chi connectivity index (χ4v) is 5.58. The number of aryl methyl sites for hydroxylation is 1. The maximum absolute atomic E-state index is 15.9. The number of ether oxygens (including phenoxy) is 2. The number of nitrogens with zero attached hydrogens (tertiary/aromatic N) is 5. The normalized spacial score (nSPS) is 14.2. The topological polar surface area (TPSA) is 122 Å². The average Bonchev–Trinajstić information content (AvgIpc) is 3.48. The van der Waals surface area contributed by atoms with Crippen molar-refractivity contribution in [1.82, 2.24) is 24.7 Å². The van der Waals surface area contributed by atoms with Crippen LogP contribution in [0.15, 0.2) is 51.6 Å². The molecule has 4 aromatic rings. The molecule has 0 aliphatic rings. The first-order valence-electron chi connectivity index (χ1n) is 11.1. The molecule has 3 aromatic heterocycles. The Balaban J connectivity index is 1.84. The molecule has 0 saturated carbocycles. The Kier molecular flexibility index (Phi) is 7.38. The Labute approximate surface area is 221 Å². The largest absolute Gasteiger partial charge is 0.494 e. The van der Waals surface area contributed by atoms with Crippen LogP contribution in [0, 0.1) is 6.92 Å². The minimum atomic E-state index is -4.16. The van der Waals surface area contributed by atoms with E-state index in [0.717, 1.165) is 6.92 Å². The standard InChI is InChI=1S/C24H25BrFN5O5S/c1-14-9-10-19(36-14)22-30-29-20(31(22)21-17(34-4)7-6-8-18(21)35-5)13-37(32,33)15(2)24(3,26)23-27-11-16(25)12-28-23/h6-12,15H,13H2,1-5H3/t15-,24+/m0/s1. The van der Waals surface area contributed by atoms with E-state index in [-0.39, 0.29) is 17.5 Å². The Morgan fingerprint density at radius 1 is 1.11 bits per heavy atom. The number of para-hydroxylation sites is 1. The molecule has 0 aliphatic heterocycles. The summed E-state index contributed by atoms with van der Waals surface area (Å²) < 4.78 is 61.9. The van der Waals surface area contributed by atoms with Gasteiger partial charge >= 0.3 is 0 Å². The quantitative estimate of drug-likeness (QED) is 0.274. The predicted molar refractivity (Wildman–Crippen MR) is 137 cm³/mol. The maximum atomic E-state index is 15.9. The van der Waals surface area contributed by atoms with Crippen molar-refractivity contribution in [2.24, 2.45) is 0 Å². The van der Waals surface area contributed by atoms with Crippen LogP contribution in [-0.4, -0.2) is 52.6 Å². The van der Waals surface area contributed by atoms with Crippen molar-refractivity contribution in [1.29, 1.82) is 0 Å². The number of benzene rings is 1. The van der Waals surface area contributed by atoms with Gasteiger partial charge in [0.05, 0.1) is 18.7 Å². The molecule has 1 aromatic carbocycles. The molecule has 4 rings (SSSR count). The molecule has 0 spiro atoms. The molecule has 0 aliphatic carbocycles. The fourth-order valence-electron chi connectivity index (χ4n) is 3.80. The molecule has 0 saturated heterocycles. The Morgan fingerprint density at radius 2 is 1.73 bits per heavy atom. The van der Waals surface area contributed by atoms with E-state index in [1.54, 1.807) is 37.3 Å². The molecule has 13 heteroatoms. The van der Waals surface area contributed by atoms with Crippen LogP contribution < -0.4 is 9.47 Å². The van der Waals surface area contributed by atoms with Crippen LogP contribution in [0.4, 0.5) is 4.39 Å². The van der Waals surface area contributed by atoms with Crippen molar-refractivity contribution in [3.8, 4) is 28.8 Å². The number of furan rings is 1. The number of aromatic nitrogens is 5. The van der Waals surface area contributed by atoms with Gasteiger partial charge in [-0.1, -0.05) is 6.07 Å². The second kappa shape index (κ2) is 10.2. The van der Waals surface area contributed by atoms with Gasteiger partial charge in [0.2, 0.25) is 5.82 Å². The van der Waals surface area contributed by atoms with E-state index < -0.39 is 26.5 Å². The van der Waals surface area contributed by atoms with Gasteiger partial charge in [-0.3, -0.25) is 4.57 Å². The maximum Gasteiger partial charge on any atom is 0.204 e. The minimum absolute atomic E-state index is 0.0197. The van der Waals surface area contributed by atoms with Crippen molar-refractivity contribution in [2.75, 3.05) is 14.2 Å². The smallest absolute Gasteiger partial charge is 0.204 e.